The largest absolute Gasteiger partial charge is 0.481 e. The van der Waals surface area contributed by atoms with Gasteiger partial charge in [0.2, 0.25) is 0 Å². The lowest BCUT2D eigenvalue weighted by molar-refractivity contribution is -0.138. The van der Waals surface area contributed by atoms with Crippen LogP contribution in [0.3, 0.4) is 0 Å². The fourth-order valence-corrected chi connectivity index (χ4v) is 4.29. The summed E-state index contributed by atoms with van der Waals surface area (Å²) in [6.45, 7) is 0. The Morgan fingerprint density at radius 1 is 1.00 bits per heavy atom. The van der Waals surface area contributed by atoms with Crippen molar-refractivity contribution in [3.8, 4) is 0 Å². The van der Waals surface area contributed by atoms with Gasteiger partial charge in [0, 0.05) is 15.8 Å². The molecule has 0 saturated carbocycles. The molecular weight excluding hydrogens is 414 g/mol. The van der Waals surface area contributed by atoms with Crippen LogP contribution in [0.25, 0.3) is 21.9 Å². The molecule has 158 valence electrons. The van der Waals surface area contributed by atoms with Crippen molar-refractivity contribution in [2.45, 2.75) is 31.7 Å². The summed E-state index contributed by atoms with van der Waals surface area (Å²) >= 11 is 5.93. The van der Waals surface area contributed by atoms with Crippen molar-refractivity contribution in [3.05, 3.63) is 87.8 Å². The van der Waals surface area contributed by atoms with Crippen LogP contribution < -0.4 is 0 Å². The highest BCUT2D eigenvalue weighted by atomic mass is 35.5. The van der Waals surface area contributed by atoms with E-state index in [1.54, 1.807) is 0 Å². The molecule has 0 radical (unpaired) electrons. The highest BCUT2D eigenvalue weighted by Crippen LogP contribution is 2.36. The van der Waals surface area contributed by atoms with Gasteiger partial charge in [-0.3, -0.25) is 4.79 Å². The summed E-state index contributed by atoms with van der Waals surface area (Å²) < 4.78 is 5.86. The van der Waals surface area contributed by atoms with Crippen molar-refractivity contribution >= 4 is 39.5 Å². The fraction of sp³-hybridized carbons (Fsp3) is 0.240. The first-order valence-corrected chi connectivity index (χ1v) is 10.6. The number of furan rings is 1. The number of hydrogen-bond acceptors (Lipinski definition) is 4. The molecule has 6 heteroatoms. The van der Waals surface area contributed by atoms with Crippen molar-refractivity contribution < 1.29 is 14.3 Å². The number of aliphatic carboxylic acids is 1. The van der Waals surface area contributed by atoms with Crippen LogP contribution in [-0.4, -0.2) is 11.1 Å². The zero-order chi connectivity index (χ0) is 21.8. The smallest absolute Gasteiger partial charge is 0.303 e. The van der Waals surface area contributed by atoms with E-state index in [-0.39, 0.29) is 6.42 Å². The van der Waals surface area contributed by atoms with Gasteiger partial charge in [-0.15, -0.1) is 0 Å². The number of halogens is 1. The third-order valence-electron chi connectivity index (χ3n) is 5.69. The molecular formula is C25H22ClNO4. The summed E-state index contributed by atoms with van der Waals surface area (Å²) in [5.41, 5.74) is 3.34. The maximum atomic E-state index is 11.9. The number of nitrogens with zero attached hydrogens (tertiary/aromatic N) is 1. The van der Waals surface area contributed by atoms with E-state index in [9.17, 15) is 14.8 Å². The van der Waals surface area contributed by atoms with Gasteiger partial charge in [0.15, 0.2) is 0 Å². The minimum atomic E-state index is -0.931. The molecule has 1 heterocycles. The quantitative estimate of drug-likeness (QED) is 0.283. The lowest BCUT2D eigenvalue weighted by atomic mass is 9.86. The van der Waals surface area contributed by atoms with Gasteiger partial charge in [0.25, 0.3) is 0 Å². The number of rotatable bonds is 9. The number of hydrogen-bond donors (Lipinski definition) is 1. The van der Waals surface area contributed by atoms with Gasteiger partial charge in [0.05, 0.1) is 6.42 Å². The maximum Gasteiger partial charge on any atom is 0.303 e. The lowest BCUT2D eigenvalue weighted by Gasteiger charge is -2.21. The standard InChI is InChI=1S/C25H22ClNO4/c26-19-11-8-16(9-12-19)4-3-5-17(15-24(28)29)25(27-30)18-10-13-23-21(14-18)20-6-1-2-7-22(20)31-23/h1-2,6-14,17,25H,3-5,15H2,(H,28,29). The van der Waals surface area contributed by atoms with Gasteiger partial charge in [0.1, 0.15) is 17.2 Å². The lowest BCUT2D eigenvalue weighted by Crippen LogP contribution is -2.16. The Morgan fingerprint density at radius 2 is 1.74 bits per heavy atom. The molecule has 0 saturated heterocycles. The number of benzene rings is 3. The first-order chi connectivity index (χ1) is 15.0. The Hall–Kier alpha value is -3.18. The number of nitroso groups, excluding NO2 is 1. The predicted octanol–water partition coefficient (Wildman–Crippen LogP) is 7.16. The zero-order valence-corrected chi connectivity index (χ0v) is 17.6. The molecule has 5 nitrogen and oxygen atoms in total. The molecule has 31 heavy (non-hydrogen) atoms. The number of carboxylic acid groups (broad SMARTS) is 1. The highest BCUT2D eigenvalue weighted by molar-refractivity contribution is 6.30. The zero-order valence-electron chi connectivity index (χ0n) is 16.8. The van der Waals surface area contributed by atoms with E-state index in [1.165, 1.54) is 0 Å². The highest BCUT2D eigenvalue weighted by Gasteiger charge is 2.27. The minimum Gasteiger partial charge on any atom is -0.481 e. The molecule has 0 bridgehead atoms. The summed E-state index contributed by atoms with van der Waals surface area (Å²) in [4.78, 5) is 23.4. The second-order valence-corrected chi connectivity index (χ2v) is 8.22. The van der Waals surface area contributed by atoms with E-state index in [2.05, 4.69) is 5.18 Å². The molecule has 0 spiro atoms. The van der Waals surface area contributed by atoms with Crippen LogP contribution in [0.2, 0.25) is 5.02 Å². The molecule has 0 aliphatic carbocycles. The van der Waals surface area contributed by atoms with Crippen LogP contribution in [0.4, 0.5) is 0 Å². The molecule has 1 N–H and O–H groups in total. The van der Waals surface area contributed by atoms with E-state index in [4.69, 9.17) is 16.0 Å². The molecule has 0 amide bonds. The van der Waals surface area contributed by atoms with Crippen molar-refractivity contribution in [2.24, 2.45) is 11.1 Å². The average Bonchev–Trinajstić information content (AvgIpc) is 3.13. The molecule has 2 atom stereocenters. The number of para-hydroxylation sites is 1. The van der Waals surface area contributed by atoms with Crippen molar-refractivity contribution in [3.63, 3.8) is 0 Å². The molecule has 2 unspecified atom stereocenters. The maximum absolute atomic E-state index is 11.9. The Kier molecular flexibility index (Phi) is 6.33. The number of aryl methyl sites for hydroxylation is 1. The van der Waals surface area contributed by atoms with E-state index in [0.29, 0.717) is 17.0 Å². The predicted molar refractivity (Wildman–Crippen MR) is 122 cm³/mol. The molecule has 0 fully saturated rings. The van der Waals surface area contributed by atoms with Crippen molar-refractivity contribution in [1.82, 2.24) is 0 Å². The fourth-order valence-electron chi connectivity index (χ4n) is 4.16. The second-order valence-electron chi connectivity index (χ2n) is 7.78. The second kappa shape index (κ2) is 9.31. The number of carbonyl (C=O) groups is 1. The number of carboxylic acids is 1. The summed E-state index contributed by atoms with van der Waals surface area (Å²) in [5.74, 6) is -1.32. The summed E-state index contributed by atoms with van der Waals surface area (Å²) in [6.07, 6.45) is 2.00. The van der Waals surface area contributed by atoms with Gasteiger partial charge < -0.3 is 9.52 Å². The van der Waals surface area contributed by atoms with Crippen LogP contribution in [0.15, 0.2) is 76.3 Å². The van der Waals surface area contributed by atoms with Crippen LogP contribution in [-0.2, 0) is 11.2 Å². The Bertz CT molecular complexity index is 1220. The van der Waals surface area contributed by atoms with Crippen molar-refractivity contribution in [2.75, 3.05) is 0 Å². The molecule has 1 aromatic heterocycles. The van der Waals surface area contributed by atoms with Gasteiger partial charge in [-0.2, -0.15) is 4.91 Å². The van der Waals surface area contributed by atoms with Gasteiger partial charge in [-0.05, 0) is 66.6 Å². The van der Waals surface area contributed by atoms with Gasteiger partial charge >= 0.3 is 5.97 Å². The van der Waals surface area contributed by atoms with E-state index < -0.39 is 17.9 Å². The Morgan fingerprint density at radius 3 is 2.48 bits per heavy atom. The molecule has 4 aromatic rings. The molecule has 4 rings (SSSR count). The number of fused-ring (bicyclic) bond motifs is 3. The third-order valence-corrected chi connectivity index (χ3v) is 5.94. The minimum absolute atomic E-state index is 0.110. The average molecular weight is 436 g/mol. The van der Waals surface area contributed by atoms with Gasteiger partial charge in [-0.25, -0.2) is 0 Å². The van der Waals surface area contributed by atoms with Crippen LogP contribution in [0.5, 0.6) is 0 Å². The topological polar surface area (TPSA) is 79.9 Å². The van der Waals surface area contributed by atoms with Crippen LogP contribution >= 0.6 is 11.6 Å². The summed E-state index contributed by atoms with van der Waals surface area (Å²) in [7, 11) is 0. The van der Waals surface area contributed by atoms with E-state index in [1.807, 2.05) is 66.7 Å². The Labute approximate surface area is 184 Å². The normalized spacial score (nSPS) is 13.3. The first kappa shape index (κ1) is 21.1. The molecule has 0 aliphatic heterocycles. The summed E-state index contributed by atoms with van der Waals surface area (Å²) in [5, 5.41) is 15.3. The van der Waals surface area contributed by atoms with E-state index >= 15 is 0 Å². The summed E-state index contributed by atoms with van der Waals surface area (Å²) in [6, 6.07) is 20.1. The van der Waals surface area contributed by atoms with Crippen LogP contribution in [0, 0.1) is 10.8 Å². The SMILES string of the molecule is O=NC(c1ccc2oc3ccccc3c2c1)C(CCCc1ccc(Cl)cc1)CC(=O)O. The van der Waals surface area contributed by atoms with Crippen LogP contribution in [0.1, 0.15) is 36.4 Å². The molecule has 3 aromatic carbocycles. The molecule has 0 aliphatic rings. The van der Waals surface area contributed by atoms with Crippen molar-refractivity contribution in [1.29, 1.82) is 0 Å². The first-order valence-electron chi connectivity index (χ1n) is 10.2. The monoisotopic (exact) mass is 435 g/mol. The van der Waals surface area contributed by atoms with Gasteiger partial charge in [-0.1, -0.05) is 53.2 Å². The Balaban J connectivity index is 1.58. The van der Waals surface area contributed by atoms with E-state index in [0.717, 1.165) is 40.3 Å². The third kappa shape index (κ3) is 4.78.